The molecular weight excluding hydrogens is 206 g/mol. The topological polar surface area (TPSA) is 38.8 Å². The molecule has 94 valence electrons. The average Bonchev–Trinajstić information content (AvgIpc) is 2.27. The number of carbonyl (C=O) groups is 1. The van der Waals surface area contributed by atoms with Crippen molar-refractivity contribution < 1.29 is 14.3 Å². The molecule has 0 aromatic rings. The first-order valence-electron chi connectivity index (χ1n) is 5.87. The summed E-state index contributed by atoms with van der Waals surface area (Å²) in [6.07, 6.45) is 3.31. The Morgan fingerprint density at radius 3 is 2.56 bits per heavy atom. The maximum Gasteiger partial charge on any atom is 0.330 e. The summed E-state index contributed by atoms with van der Waals surface area (Å²) >= 11 is 0. The third-order valence-electron chi connectivity index (χ3n) is 2.11. The van der Waals surface area contributed by atoms with Crippen molar-refractivity contribution in [1.29, 1.82) is 0 Å². The molecule has 0 aliphatic heterocycles. The van der Waals surface area contributed by atoms with Crippen LogP contribution in [0.25, 0.3) is 0 Å². The van der Waals surface area contributed by atoms with Crippen LogP contribution in [0.2, 0.25) is 0 Å². The van der Waals surface area contributed by atoms with Gasteiger partial charge in [-0.05, 0) is 20.4 Å². The first kappa shape index (κ1) is 15.1. The van der Waals surface area contributed by atoms with Gasteiger partial charge in [0.15, 0.2) is 0 Å². The monoisotopic (exact) mass is 229 g/mol. The van der Waals surface area contributed by atoms with Gasteiger partial charge in [-0.3, -0.25) is 4.90 Å². The molecule has 4 nitrogen and oxygen atoms in total. The van der Waals surface area contributed by atoms with Crippen LogP contribution in [0.15, 0.2) is 12.2 Å². The maximum absolute atomic E-state index is 11.0. The van der Waals surface area contributed by atoms with Gasteiger partial charge in [-0.2, -0.15) is 0 Å². The number of ether oxygens (including phenoxy) is 2. The number of likely N-dealkylation sites (N-methyl/N-ethyl adjacent to an activating group) is 1. The Bertz CT molecular complexity index is 204. The molecule has 0 saturated carbocycles. The van der Waals surface area contributed by atoms with Gasteiger partial charge >= 0.3 is 5.97 Å². The Hall–Kier alpha value is -0.870. The van der Waals surface area contributed by atoms with E-state index in [4.69, 9.17) is 9.47 Å². The molecule has 0 fully saturated rings. The highest BCUT2D eigenvalue weighted by Crippen LogP contribution is 1.90. The van der Waals surface area contributed by atoms with Crippen molar-refractivity contribution in [3.63, 3.8) is 0 Å². The zero-order chi connectivity index (χ0) is 12.2. The van der Waals surface area contributed by atoms with Crippen LogP contribution < -0.4 is 0 Å². The highest BCUT2D eigenvalue weighted by molar-refractivity contribution is 5.81. The first-order chi connectivity index (χ1) is 7.74. The predicted molar refractivity (Wildman–Crippen MR) is 64.4 cm³/mol. The van der Waals surface area contributed by atoms with Crippen LogP contribution in [0.1, 0.15) is 20.8 Å². The number of nitrogens with zero attached hydrogens (tertiary/aromatic N) is 1. The fraction of sp³-hybridized carbons (Fsp3) is 0.750. The minimum absolute atomic E-state index is 0.275. The first-order valence-corrected chi connectivity index (χ1v) is 5.87. The van der Waals surface area contributed by atoms with E-state index in [0.717, 1.165) is 32.8 Å². The Labute approximate surface area is 98.2 Å². The van der Waals surface area contributed by atoms with E-state index in [1.54, 1.807) is 6.92 Å². The SMILES string of the molecule is CCOCCN(CC)C/C=C/C(=O)OCC. The maximum atomic E-state index is 11.0. The highest BCUT2D eigenvalue weighted by Gasteiger charge is 1.99. The van der Waals surface area contributed by atoms with E-state index in [2.05, 4.69) is 11.8 Å². The predicted octanol–water partition coefficient (Wildman–Crippen LogP) is 1.46. The van der Waals surface area contributed by atoms with Crippen LogP contribution in [-0.2, 0) is 14.3 Å². The van der Waals surface area contributed by atoms with Gasteiger partial charge in [-0.25, -0.2) is 4.79 Å². The van der Waals surface area contributed by atoms with Crippen LogP contribution >= 0.6 is 0 Å². The molecule has 4 heteroatoms. The standard InChI is InChI=1S/C12H23NO3/c1-4-13(10-11-15-5-2)9-7-8-12(14)16-6-3/h7-8H,4-6,9-11H2,1-3H3/b8-7+. The Morgan fingerprint density at radius 1 is 1.25 bits per heavy atom. The van der Waals surface area contributed by atoms with E-state index in [1.807, 2.05) is 13.0 Å². The van der Waals surface area contributed by atoms with Crippen molar-refractivity contribution in [2.75, 3.05) is 39.5 Å². The van der Waals surface area contributed by atoms with Crippen molar-refractivity contribution in [2.24, 2.45) is 0 Å². The lowest BCUT2D eigenvalue weighted by molar-refractivity contribution is -0.137. The fourth-order valence-electron chi connectivity index (χ4n) is 1.20. The second kappa shape index (κ2) is 10.6. The average molecular weight is 229 g/mol. The molecule has 0 amide bonds. The molecule has 0 aliphatic rings. The lowest BCUT2D eigenvalue weighted by Gasteiger charge is -2.17. The van der Waals surface area contributed by atoms with E-state index < -0.39 is 0 Å². The van der Waals surface area contributed by atoms with E-state index in [-0.39, 0.29) is 5.97 Å². The number of rotatable bonds is 9. The molecule has 0 bridgehead atoms. The van der Waals surface area contributed by atoms with Crippen molar-refractivity contribution in [3.8, 4) is 0 Å². The minimum Gasteiger partial charge on any atom is -0.463 e. The van der Waals surface area contributed by atoms with Crippen molar-refractivity contribution in [1.82, 2.24) is 4.90 Å². The van der Waals surface area contributed by atoms with Gasteiger partial charge in [0, 0.05) is 25.8 Å². The molecule has 0 radical (unpaired) electrons. The normalized spacial score (nSPS) is 11.2. The molecule has 0 heterocycles. The summed E-state index contributed by atoms with van der Waals surface area (Å²) in [7, 11) is 0. The molecule has 0 atom stereocenters. The van der Waals surface area contributed by atoms with E-state index in [1.165, 1.54) is 6.08 Å². The molecule has 0 aromatic carbocycles. The van der Waals surface area contributed by atoms with Crippen molar-refractivity contribution in [2.45, 2.75) is 20.8 Å². The second-order valence-electron chi connectivity index (χ2n) is 3.24. The van der Waals surface area contributed by atoms with Gasteiger partial charge < -0.3 is 9.47 Å². The third kappa shape index (κ3) is 8.44. The molecule has 16 heavy (non-hydrogen) atoms. The zero-order valence-corrected chi connectivity index (χ0v) is 10.6. The second-order valence-corrected chi connectivity index (χ2v) is 3.24. The molecular formula is C12H23NO3. The lowest BCUT2D eigenvalue weighted by atomic mass is 10.4. The smallest absolute Gasteiger partial charge is 0.330 e. The third-order valence-corrected chi connectivity index (χ3v) is 2.11. The van der Waals surface area contributed by atoms with Crippen LogP contribution in [0.5, 0.6) is 0 Å². The van der Waals surface area contributed by atoms with Crippen LogP contribution in [-0.4, -0.2) is 50.3 Å². The van der Waals surface area contributed by atoms with Crippen LogP contribution in [0.4, 0.5) is 0 Å². The molecule has 0 aromatic heterocycles. The molecule has 0 unspecified atom stereocenters. The zero-order valence-electron chi connectivity index (χ0n) is 10.6. The number of carbonyl (C=O) groups excluding carboxylic acids is 1. The summed E-state index contributed by atoms with van der Waals surface area (Å²) in [4.78, 5) is 13.2. The van der Waals surface area contributed by atoms with Gasteiger partial charge in [0.05, 0.1) is 13.2 Å². The molecule has 0 rings (SSSR count). The highest BCUT2D eigenvalue weighted by atomic mass is 16.5. The Kier molecular flexibility index (Phi) is 10.1. The summed E-state index contributed by atoms with van der Waals surface area (Å²) in [5.74, 6) is -0.275. The van der Waals surface area contributed by atoms with Crippen LogP contribution in [0.3, 0.4) is 0 Å². The van der Waals surface area contributed by atoms with Gasteiger partial charge in [-0.1, -0.05) is 13.0 Å². The van der Waals surface area contributed by atoms with E-state index in [9.17, 15) is 4.79 Å². The van der Waals surface area contributed by atoms with Crippen molar-refractivity contribution in [3.05, 3.63) is 12.2 Å². The van der Waals surface area contributed by atoms with Crippen molar-refractivity contribution >= 4 is 5.97 Å². The molecule has 0 saturated heterocycles. The largest absolute Gasteiger partial charge is 0.463 e. The van der Waals surface area contributed by atoms with Gasteiger partial charge in [0.1, 0.15) is 0 Å². The summed E-state index contributed by atoms with van der Waals surface area (Å²) in [6, 6.07) is 0. The number of esters is 1. The molecule has 0 N–H and O–H groups in total. The quantitative estimate of drug-likeness (QED) is 0.341. The Balaban J connectivity index is 3.72. The van der Waals surface area contributed by atoms with Crippen LogP contribution in [0, 0.1) is 0 Å². The number of hydrogen-bond donors (Lipinski definition) is 0. The van der Waals surface area contributed by atoms with Gasteiger partial charge in [-0.15, -0.1) is 0 Å². The minimum atomic E-state index is -0.275. The Morgan fingerprint density at radius 2 is 2.00 bits per heavy atom. The summed E-state index contributed by atoms with van der Waals surface area (Å²) < 4.78 is 10.1. The van der Waals surface area contributed by atoms with E-state index in [0.29, 0.717) is 6.61 Å². The van der Waals surface area contributed by atoms with Gasteiger partial charge in [0.2, 0.25) is 0 Å². The summed E-state index contributed by atoms with van der Waals surface area (Å²) in [5.41, 5.74) is 0. The van der Waals surface area contributed by atoms with E-state index >= 15 is 0 Å². The summed E-state index contributed by atoms with van der Waals surface area (Å²) in [6.45, 7) is 10.4. The molecule has 0 spiro atoms. The summed E-state index contributed by atoms with van der Waals surface area (Å²) in [5, 5.41) is 0. The molecule has 0 aliphatic carbocycles. The fourth-order valence-corrected chi connectivity index (χ4v) is 1.20. The number of hydrogen-bond acceptors (Lipinski definition) is 4. The van der Waals surface area contributed by atoms with Gasteiger partial charge in [0.25, 0.3) is 0 Å². The lowest BCUT2D eigenvalue weighted by Crippen LogP contribution is -2.27.